The zero-order valence-corrected chi connectivity index (χ0v) is 11.3. The number of nitrogens with two attached hydrogens (primary N) is 1. The molecular weight excluding hydrogens is 210 g/mol. The van der Waals surface area contributed by atoms with Gasteiger partial charge < -0.3 is 10.5 Å². The van der Waals surface area contributed by atoms with E-state index in [1.54, 1.807) is 0 Å². The Kier molecular flexibility index (Phi) is 6.06. The molecule has 1 atom stereocenters. The fourth-order valence-electron chi connectivity index (χ4n) is 2.07. The van der Waals surface area contributed by atoms with E-state index in [1.807, 2.05) is 6.92 Å². The molecule has 96 valence electrons. The Morgan fingerprint density at radius 3 is 2.65 bits per heavy atom. The molecule has 0 bridgehead atoms. The van der Waals surface area contributed by atoms with Crippen LogP contribution >= 0.6 is 0 Å². The van der Waals surface area contributed by atoms with Crippen LogP contribution in [0.4, 0.5) is 0 Å². The van der Waals surface area contributed by atoms with Crippen LogP contribution in [0.25, 0.3) is 0 Å². The van der Waals surface area contributed by atoms with Gasteiger partial charge in [0.15, 0.2) is 0 Å². The van der Waals surface area contributed by atoms with E-state index in [0.717, 1.165) is 38.2 Å². The number of ether oxygens (including phenoxy) is 1. The Labute approximate surface area is 105 Å². The predicted molar refractivity (Wildman–Crippen MR) is 73.7 cm³/mol. The second-order valence-electron chi connectivity index (χ2n) is 4.49. The molecule has 0 saturated heterocycles. The summed E-state index contributed by atoms with van der Waals surface area (Å²) in [5.74, 6) is 1.56. The average molecular weight is 235 g/mol. The molecule has 0 fully saturated rings. The van der Waals surface area contributed by atoms with E-state index in [0.29, 0.717) is 5.92 Å². The Bertz CT molecular complexity index is 336. The van der Waals surface area contributed by atoms with Crippen LogP contribution < -0.4 is 10.5 Å². The summed E-state index contributed by atoms with van der Waals surface area (Å²) < 4.78 is 5.71. The van der Waals surface area contributed by atoms with Gasteiger partial charge in [0.05, 0.1) is 6.61 Å². The molecule has 1 rings (SSSR count). The number of benzene rings is 1. The quantitative estimate of drug-likeness (QED) is 0.785. The lowest BCUT2D eigenvalue weighted by Gasteiger charge is -2.17. The van der Waals surface area contributed by atoms with Gasteiger partial charge in [-0.2, -0.15) is 0 Å². The van der Waals surface area contributed by atoms with Gasteiger partial charge in [0.25, 0.3) is 0 Å². The van der Waals surface area contributed by atoms with Crippen molar-refractivity contribution < 1.29 is 4.74 Å². The van der Waals surface area contributed by atoms with Crippen molar-refractivity contribution in [3.63, 3.8) is 0 Å². The van der Waals surface area contributed by atoms with Crippen molar-refractivity contribution in [3.8, 4) is 5.75 Å². The minimum absolute atomic E-state index is 0.520. The van der Waals surface area contributed by atoms with Crippen molar-refractivity contribution in [1.82, 2.24) is 0 Å². The lowest BCUT2D eigenvalue weighted by molar-refractivity contribution is 0.333. The second kappa shape index (κ2) is 7.33. The standard InChI is InChI=1S/C15H25NO/c1-4-13-8-9-15(17-5-2)14(11-13)12(3)7-6-10-16/h8-9,11-12H,4-7,10,16H2,1-3H3. The molecule has 0 heterocycles. The monoisotopic (exact) mass is 235 g/mol. The first-order valence-electron chi connectivity index (χ1n) is 6.68. The maximum absolute atomic E-state index is 5.71. The van der Waals surface area contributed by atoms with Crippen LogP contribution in [-0.4, -0.2) is 13.2 Å². The molecule has 0 saturated carbocycles. The number of hydrogen-bond acceptors (Lipinski definition) is 2. The highest BCUT2D eigenvalue weighted by Gasteiger charge is 2.12. The summed E-state index contributed by atoms with van der Waals surface area (Å²) in [6.45, 7) is 7.96. The summed E-state index contributed by atoms with van der Waals surface area (Å²) in [7, 11) is 0. The van der Waals surface area contributed by atoms with E-state index in [4.69, 9.17) is 10.5 Å². The van der Waals surface area contributed by atoms with E-state index >= 15 is 0 Å². The van der Waals surface area contributed by atoms with Crippen LogP contribution in [0.5, 0.6) is 5.75 Å². The van der Waals surface area contributed by atoms with Crippen molar-refractivity contribution >= 4 is 0 Å². The maximum atomic E-state index is 5.71. The van der Waals surface area contributed by atoms with Crippen LogP contribution in [0.1, 0.15) is 50.7 Å². The van der Waals surface area contributed by atoms with E-state index < -0.39 is 0 Å². The van der Waals surface area contributed by atoms with Gasteiger partial charge in [0, 0.05) is 0 Å². The van der Waals surface area contributed by atoms with Gasteiger partial charge in [-0.3, -0.25) is 0 Å². The van der Waals surface area contributed by atoms with E-state index in [-0.39, 0.29) is 0 Å². The normalized spacial score (nSPS) is 12.5. The molecule has 2 nitrogen and oxygen atoms in total. The number of aryl methyl sites for hydroxylation is 1. The molecule has 0 aliphatic carbocycles. The van der Waals surface area contributed by atoms with Gasteiger partial charge in [-0.15, -0.1) is 0 Å². The minimum atomic E-state index is 0.520. The van der Waals surface area contributed by atoms with Crippen LogP contribution in [0.15, 0.2) is 18.2 Å². The van der Waals surface area contributed by atoms with Crippen LogP contribution in [0, 0.1) is 0 Å². The molecule has 0 aliphatic rings. The Morgan fingerprint density at radius 1 is 1.29 bits per heavy atom. The third-order valence-electron chi connectivity index (χ3n) is 3.15. The zero-order chi connectivity index (χ0) is 12.7. The van der Waals surface area contributed by atoms with Crippen molar-refractivity contribution in [2.24, 2.45) is 5.73 Å². The molecule has 2 heteroatoms. The van der Waals surface area contributed by atoms with Gasteiger partial charge in [0.1, 0.15) is 5.75 Å². The number of rotatable bonds is 7. The maximum Gasteiger partial charge on any atom is 0.122 e. The molecule has 0 radical (unpaired) electrons. The minimum Gasteiger partial charge on any atom is -0.494 e. The summed E-state index contributed by atoms with van der Waals surface area (Å²) in [6.07, 6.45) is 3.27. The summed E-state index contributed by atoms with van der Waals surface area (Å²) in [6, 6.07) is 6.55. The summed E-state index contributed by atoms with van der Waals surface area (Å²) in [5, 5.41) is 0. The lowest BCUT2D eigenvalue weighted by Crippen LogP contribution is -2.05. The Balaban J connectivity index is 2.90. The highest BCUT2D eigenvalue weighted by Crippen LogP contribution is 2.30. The lowest BCUT2D eigenvalue weighted by atomic mass is 9.93. The third-order valence-corrected chi connectivity index (χ3v) is 3.15. The second-order valence-corrected chi connectivity index (χ2v) is 4.49. The zero-order valence-electron chi connectivity index (χ0n) is 11.3. The molecule has 1 aromatic carbocycles. The van der Waals surface area contributed by atoms with Crippen molar-refractivity contribution in [2.45, 2.75) is 46.0 Å². The highest BCUT2D eigenvalue weighted by atomic mass is 16.5. The van der Waals surface area contributed by atoms with Crippen molar-refractivity contribution in [3.05, 3.63) is 29.3 Å². The van der Waals surface area contributed by atoms with Crippen LogP contribution in [0.3, 0.4) is 0 Å². The topological polar surface area (TPSA) is 35.2 Å². The molecule has 0 spiro atoms. The van der Waals surface area contributed by atoms with Gasteiger partial charge in [-0.25, -0.2) is 0 Å². The number of hydrogen-bond donors (Lipinski definition) is 1. The fourth-order valence-corrected chi connectivity index (χ4v) is 2.07. The van der Waals surface area contributed by atoms with Crippen molar-refractivity contribution in [1.29, 1.82) is 0 Å². The molecule has 0 amide bonds. The van der Waals surface area contributed by atoms with Crippen LogP contribution in [-0.2, 0) is 6.42 Å². The predicted octanol–water partition coefficient (Wildman–Crippen LogP) is 3.49. The smallest absolute Gasteiger partial charge is 0.122 e. The molecule has 2 N–H and O–H groups in total. The first-order valence-corrected chi connectivity index (χ1v) is 6.68. The average Bonchev–Trinajstić information content (AvgIpc) is 2.36. The first-order chi connectivity index (χ1) is 8.22. The Morgan fingerprint density at radius 2 is 2.06 bits per heavy atom. The van der Waals surface area contributed by atoms with E-state index in [9.17, 15) is 0 Å². The highest BCUT2D eigenvalue weighted by molar-refractivity contribution is 5.39. The Hall–Kier alpha value is -1.02. The largest absolute Gasteiger partial charge is 0.494 e. The first kappa shape index (κ1) is 14.0. The SMILES string of the molecule is CCOc1ccc(CC)cc1C(C)CCCN. The molecule has 1 unspecified atom stereocenters. The molecule has 0 aromatic heterocycles. The summed E-state index contributed by atoms with van der Waals surface area (Å²) >= 11 is 0. The van der Waals surface area contributed by atoms with Gasteiger partial charge in [0.2, 0.25) is 0 Å². The third kappa shape index (κ3) is 4.04. The van der Waals surface area contributed by atoms with Gasteiger partial charge in [-0.05, 0) is 55.8 Å². The molecule has 1 aromatic rings. The summed E-state index contributed by atoms with van der Waals surface area (Å²) in [5.41, 5.74) is 8.29. The van der Waals surface area contributed by atoms with Crippen molar-refractivity contribution in [2.75, 3.05) is 13.2 Å². The molecule has 0 aliphatic heterocycles. The fraction of sp³-hybridized carbons (Fsp3) is 0.600. The summed E-state index contributed by atoms with van der Waals surface area (Å²) in [4.78, 5) is 0. The van der Waals surface area contributed by atoms with Gasteiger partial charge in [-0.1, -0.05) is 26.0 Å². The molecular formula is C15H25NO. The van der Waals surface area contributed by atoms with E-state index in [1.165, 1.54) is 11.1 Å². The van der Waals surface area contributed by atoms with Crippen LogP contribution in [0.2, 0.25) is 0 Å². The van der Waals surface area contributed by atoms with E-state index in [2.05, 4.69) is 32.0 Å². The van der Waals surface area contributed by atoms with Gasteiger partial charge >= 0.3 is 0 Å². The molecule has 17 heavy (non-hydrogen) atoms.